The Balaban J connectivity index is 1.62. The smallest absolute Gasteiger partial charge is 0.251 e. The maximum absolute atomic E-state index is 13.8. The van der Waals surface area contributed by atoms with Crippen LogP contribution in [0.15, 0.2) is 97.3 Å². The zero-order chi connectivity index (χ0) is 34.0. The van der Waals surface area contributed by atoms with E-state index in [1.54, 1.807) is 37.5 Å². The number of carbonyl (C=O) groups is 2. The molecule has 0 aliphatic heterocycles. The summed E-state index contributed by atoms with van der Waals surface area (Å²) in [6.07, 6.45) is 2.50. The van der Waals surface area contributed by atoms with Gasteiger partial charge in [0.25, 0.3) is 11.8 Å². The number of hydrogen-bond acceptors (Lipinski definition) is 8. The van der Waals surface area contributed by atoms with Gasteiger partial charge in [-0.05, 0) is 49.6 Å². The van der Waals surface area contributed by atoms with Crippen LogP contribution in [0.4, 0.5) is 11.4 Å². The van der Waals surface area contributed by atoms with Gasteiger partial charge in [-0.1, -0.05) is 60.7 Å². The van der Waals surface area contributed by atoms with E-state index in [0.29, 0.717) is 17.9 Å². The fourth-order valence-electron chi connectivity index (χ4n) is 4.95. The number of aliphatic hydroxyl groups excluding tert-OH is 1. The molecule has 2 amide bonds. The number of sulfonamides is 1. The number of ether oxygens (including phenoxy) is 1. The van der Waals surface area contributed by atoms with Crippen molar-refractivity contribution in [3.8, 4) is 5.75 Å². The lowest BCUT2D eigenvalue weighted by atomic mass is 9.99. The van der Waals surface area contributed by atoms with Crippen molar-refractivity contribution in [2.24, 2.45) is 0 Å². The SMILES string of the molecule is CCS(=O)(=O)Nc1cc(C(=O)N[C@@H](Cc2ccccc2)[C@H](O)CN(C)c2cncc(OC)c2)cc(C(=O)N[C@H](C)c2ccccc2)c1. The molecule has 0 aliphatic carbocycles. The van der Waals surface area contributed by atoms with Gasteiger partial charge in [0.1, 0.15) is 5.75 Å². The highest BCUT2D eigenvalue weighted by atomic mass is 32.2. The number of aliphatic hydroxyl groups is 1. The Morgan fingerprint density at radius 1 is 0.915 bits per heavy atom. The number of nitrogens with one attached hydrogen (secondary N) is 3. The first-order valence-electron chi connectivity index (χ1n) is 15.2. The van der Waals surface area contributed by atoms with E-state index >= 15 is 0 Å². The maximum Gasteiger partial charge on any atom is 0.251 e. The van der Waals surface area contributed by atoms with Crippen molar-refractivity contribution in [3.05, 3.63) is 120 Å². The van der Waals surface area contributed by atoms with Crippen molar-refractivity contribution < 1.29 is 27.9 Å². The number of nitrogens with zero attached hydrogens (tertiary/aromatic N) is 2. The molecule has 1 heterocycles. The molecule has 3 atom stereocenters. The van der Waals surface area contributed by atoms with Crippen molar-refractivity contribution in [1.82, 2.24) is 15.6 Å². The molecule has 0 bridgehead atoms. The zero-order valence-electron chi connectivity index (χ0n) is 26.9. The van der Waals surface area contributed by atoms with E-state index in [2.05, 4.69) is 20.3 Å². The Morgan fingerprint density at radius 2 is 1.53 bits per heavy atom. The second-order valence-corrected chi connectivity index (χ2v) is 13.2. The van der Waals surface area contributed by atoms with E-state index in [9.17, 15) is 23.1 Å². The normalized spacial score (nSPS) is 13.1. The van der Waals surface area contributed by atoms with Gasteiger partial charge in [-0.3, -0.25) is 19.3 Å². The summed E-state index contributed by atoms with van der Waals surface area (Å²) >= 11 is 0. The van der Waals surface area contributed by atoms with Gasteiger partial charge < -0.3 is 25.4 Å². The quantitative estimate of drug-likeness (QED) is 0.149. The Kier molecular flexibility index (Phi) is 11.9. The minimum absolute atomic E-state index is 0.0504. The zero-order valence-corrected chi connectivity index (χ0v) is 27.7. The van der Waals surface area contributed by atoms with Gasteiger partial charge in [0.05, 0.1) is 54.8 Å². The van der Waals surface area contributed by atoms with E-state index in [0.717, 1.165) is 11.1 Å². The van der Waals surface area contributed by atoms with Gasteiger partial charge in [0, 0.05) is 30.8 Å². The molecule has 3 aromatic carbocycles. The number of rotatable bonds is 15. The minimum atomic E-state index is -3.72. The molecule has 4 aromatic rings. The van der Waals surface area contributed by atoms with Crippen LogP contribution < -0.4 is 25.0 Å². The molecule has 4 rings (SSSR count). The third-order valence-electron chi connectivity index (χ3n) is 7.67. The Morgan fingerprint density at radius 3 is 2.15 bits per heavy atom. The molecule has 12 heteroatoms. The summed E-state index contributed by atoms with van der Waals surface area (Å²) in [6.45, 7) is 3.47. The lowest BCUT2D eigenvalue weighted by molar-refractivity contribution is 0.0843. The first-order valence-corrected chi connectivity index (χ1v) is 16.9. The monoisotopic (exact) mass is 659 g/mol. The molecule has 0 fully saturated rings. The van der Waals surface area contributed by atoms with E-state index in [1.165, 1.54) is 25.1 Å². The number of amides is 2. The molecule has 0 radical (unpaired) electrons. The van der Waals surface area contributed by atoms with Crippen LogP contribution in [-0.4, -0.2) is 68.9 Å². The number of carbonyl (C=O) groups excluding carboxylic acids is 2. The van der Waals surface area contributed by atoms with Crippen LogP contribution in [0.5, 0.6) is 5.75 Å². The summed E-state index contributed by atoms with van der Waals surface area (Å²) in [5.41, 5.74) is 2.71. The number of pyridine rings is 1. The van der Waals surface area contributed by atoms with E-state index in [4.69, 9.17) is 4.74 Å². The van der Waals surface area contributed by atoms with Crippen LogP contribution >= 0.6 is 0 Å². The van der Waals surface area contributed by atoms with Crippen LogP contribution in [0, 0.1) is 0 Å². The molecule has 11 nitrogen and oxygen atoms in total. The van der Waals surface area contributed by atoms with Crippen molar-refractivity contribution >= 4 is 33.2 Å². The van der Waals surface area contributed by atoms with E-state index in [1.807, 2.05) is 67.6 Å². The Labute approximate surface area is 276 Å². The highest BCUT2D eigenvalue weighted by Crippen LogP contribution is 2.21. The molecule has 47 heavy (non-hydrogen) atoms. The first-order chi connectivity index (χ1) is 22.5. The Bertz CT molecular complexity index is 1760. The standard InChI is InChI=1S/C35H41N5O6S/c1-5-47(44,45)39-29-18-27(34(42)37-24(2)26-14-10-7-11-15-26)17-28(19-29)35(43)38-32(16-25-12-8-6-9-13-25)33(41)23-40(3)30-20-31(46-4)22-36-21-30/h6-15,17-22,24,32-33,39,41H,5,16,23H2,1-4H3,(H,37,42)(H,38,43)/t24-,32+,33-/m1/s1. The third-order valence-corrected chi connectivity index (χ3v) is 8.98. The highest BCUT2D eigenvalue weighted by Gasteiger charge is 2.25. The summed E-state index contributed by atoms with van der Waals surface area (Å²) < 4.78 is 32.7. The van der Waals surface area contributed by atoms with Crippen molar-refractivity contribution in [2.75, 3.05) is 36.1 Å². The molecule has 0 saturated heterocycles. The molecule has 1 aromatic heterocycles. The van der Waals surface area contributed by atoms with Gasteiger partial charge in [-0.25, -0.2) is 8.42 Å². The fourth-order valence-corrected chi connectivity index (χ4v) is 5.57. The van der Waals surface area contributed by atoms with Crippen molar-refractivity contribution in [1.29, 1.82) is 0 Å². The highest BCUT2D eigenvalue weighted by molar-refractivity contribution is 7.92. The summed E-state index contributed by atoms with van der Waals surface area (Å²) in [7, 11) is -0.377. The van der Waals surface area contributed by atoms with Gasteiger partial charge in [0.15, 0.2) is 0 Å². The predicted molar refractivity (Wildman–Crippen MR) is 183 cm³/mol. The summed E-state index contributed by atoms with van der Waals surface area (Å²) in [5, 5.41) is 17.3. The number of hydrogen-bond donors (Lipinski definition) is 4. The van der Waals surface area contributed by atoms with Crippen LogP contribution in [0.25, 0.3) is 0 Å². The van der Waals surface area contributed by atoms with Gasteiger partial charge in [-0.2, -0.15) is 0 Å². The lowest BCUT2D eigenvalue weighted by Crippen LogP contribution is -2.49. The predicted octanol–water partition coefficient (Wildman–Crippen LogP) is 4.18. The molecule has 0 unspecified atom stereocenters. The van der Waals surface area contributed by atoms with Crippen molar-refractivity contribution in [2.45, 2.75) is 38.5 Å². The van der Waals surface area contributed by atoms with Crippen LogP contribution in [0.1, 0.15) is 51.7 Å². The van der Waals surface area contributed by atoms with Crippen LogP contribution in [-0.2, 0) is 16.4 Å². The summed E-state index contributed by atoms with van der Waals surface area (Å²) in [6, 6.07) is 23.7. The number of likely N-dealkylation sites (N-methyl/N-ethyl adjacent to an activating group) is 1. The third kappa shape index (κ3) is 10.0. The van der Waals surface area contributed by atoms with Crippen molar-refractivity contribution in [3.63, 3.8) is 0 Å². The largest absolute Gasteiger partial charge is 0.495 e. The maximum atomic E-state index is 13.8. The molecule has 248 valence electrons. The van der Waals surface area contributed by atoms with E-state index in [-0.39, 0.29) is 35.2 Å². The number of methoxy groups -OCH3 is 1. The molecular formula is C35H41N5O6S. The minimum Gasteiger partial charge on any atom is -0.495 e. The average molecular weight is 660 g/mol. The Hall–Kier alpha value is -4.94. The second-order valence-electron chi connectivity index (χ2n) is 11.2. The molecule has 0 saturated carbocycles. The number of aromatic nitrogens is 1. The molecule has 0 aliphatic rings. The van der Waals surface area contributed by atoms with Crippen LogP contribution in [0.2, 0.25) is 0 Å². The van der Waals surface area contributed by atoms with Gasteiger partial charge in [0.2, 0.25) is 10.0 Å². The molecule has 0 spiro atoms. The number of benzene rings is 3. The van der Waals surface area contributed by atoms with E-state index < -0.39 is 34.0 Å². The van der Waals surface area contributed by atoms with Crippen LogP contribution in [0.3, 0.4) is 0 Å². The summed E-state index contributed by atoms with van der Waals surface area (Å²) in [5.74, 6) is -0.701. The average Bonchev–Trinajstić information content (AvgIpc) is 3.08. The topological polar surface area (TPSA) is 150 Å². The first kappa shape index (κ1) is 34.9. The van der Waals surface area contributed by atoms with Gasteiger partial charge in [-0.15, -0.1) is 0 Å². The molecular weight excluding hydrogens is 618 g/mol. The van der Waals surface area contributed by atoms with Gasteiger partial charge >= 0.3 is 0 Å². The fraction of sp³-hybridized carbons (Fsp3) is 0.286. The molecule has 4 N–H and O–H groups in total. The summed E-state index contributed by atoms with van der Waals surface area (Å²) in [4.78, 5) is 33.2. The lowest BCUT2D eigenvalue weighted by Gasteiger charge is -2.29. The second kappa shape index (κ2) is 16.1. The number of anilines is 2.